The third kappa shape index (κ3) is 5.94. The van der Waals surface area contributed by atoms with Gasteiger partial charge < -0.3 is 14.8 Å². The molecule has 0 radical (unpaired) electrons. The van der Waals surface area contributed by atoms with E-state index in [1.165, 1.54) is 0 Å². The molecule has 3 aromatic carbocycles. The van der Waals surface area contributed by atoms with Crippen molar-refractivity contribution in [3.8, 4) is 17.6 Å². The van der Waals surface area contributed by atoms with E-state index in [9.17, 15) is 9.59 Å². The lowest BCUT2D eigenvalue weighted by Crippen LogP contribution is -2.30. The van der Waals surface area contributed by atoms with E-state index in [4.69, 9.17) is 14.7 Å². The van der Waals surface area contributed by atoms with Crippen LogP contribution >= 0.6 is 0 Å². The van der Waals surface area contributed by atoms with Gasteiger partial charge in [0.15, 0.2) is 0 Å². The summed E-state index contributed by atoms with van der Waals surface area (Å²) in [6, 6.07) is 24.7. The Hall–Kier alpha value is -4.11. The van der Waals surface area contributed by atoms with E-state index in [2.05, 4.69) is 5.32 Å². The molecule has 6 heteroatoms. The SMILES string of the molecule is N#Cc1cccc(COC(=O)CNC(=O)c2ccc(Oc3ccccc3)cc2)c1. The highest BCUT2D eigenvalue weighted by atomic mass is 16.5. The molecule has 3 aromatic rings. The van der Waals surface area contributed by atoms with Crippen LogP contribution in [-0.2, 0) is 16.1 Å². The molecule has 3 rings (SSSR count). The zero-order chi connectivity index (χ0) is 20.5. The molecule has 0 saturated heterocycles. The lowest BCUT2D eigenvalue weighted by Gasteiger charge is -2.08. The highest BCUT2D eigenvalue weighted by molar-refractivity contribution is 5.96. The molecule has 0 fully saturated rings. The Bertz CT molecular complexity index is 1020. The third-order valence-electron chi connectivity index (χ3n) is 3.94. The largest absolute Gasteiger partial charge is 0.460 e. The van der Waals surface area contributed by atoms with Crippen LogP contribution in [0.2, 0.25) is 0 Å². The van der Waals surface area contributed by atoms with Crippen LogP contribution in [-0.4, -0.2) is 18.4 Å². The average molecular weight is 386 g/mol. The van der Waals surface area contributed by atoms with Gasteiger partial charge in [-0.3, -0.25) is 9.59 Å². The van der Waals surface area contributed by atoms with Gasteiger partial charge in [0.2, 0.25) is 0 Å². The normalized spacial score (nSPS) is 9.90. The highest BCUT2D eigenvalue weighted by Crippen LogP contribution is 2.21. The summed E-state index contributed by atoms with van der Waals surface area (Å²) < 4.78 is 10.8. The highest BCUT2D eigenvalue weighted by Gasteiger charge is 2.10. The fourth-order valence-corrected chi connectivity index (χ4v) is 2.50. The number of para-hydroxylation sites is 1. The number of nitrogens with zero attached hydrogens (tertiary/aromatic N) is 1. The Labute approximate surface area is 168 Å². The molecule has 6 nitrogen and oxygen atoms in total. The predicted octanol–water partition coefficient (Wildman–Crippen LogP) is 3.82. The maximum atomic E-state index is 12.2. The Balaban J connectivity index is 1.46. The summed E-state index contributed by atoms with van der Waals surface area (Å²) in [7, 11) is 0. The summed E-state index contributed by atoms with van der Waals surface area (Å²) in [4.78, 5) is 24.0. The van der Waals surface area contributed by atoms with Crippen LogP contribution in [0.3, 0.4) is 0 Å². The maximum absolute atomic E-state index is 12.2. The first kappa shape index (κ1) is 19.6. The van der Waals surface area contributed by atoms with Crippen molar-refractivity contribution >= 4 is 11.9 Å². The van der Waals surface area contributed by atoms with Gasteiger partial charge >= 0.3 is 5.97 Å². The molecule has 1 amide bonds. The Morgan fingerprint density at radius 1 is 0.897 bits per heavy atom. The van der Waals surface area contributed by atoms with Crippen LogP contribution in [0.4, 0.5) is 0 Å². The molecule has 0 aliphatic rings. The summed E-state index contributed by atoms with van der Waals surface area (Å²) in [6.45, 7) is -0.214. The van der Waals surface area contributed by atoms with Crippen molar-refractivity contribution < 1.29 is 19.1 Å². The molecule has 0 aliphatic heterocycles. The predicted molar refractivity (Wildman–Crippen MR) is 106 cm³/mol. The van der Waals surface area contributed by atoms with E-state index in [0.29, 0.717) is 28.2 Å². The number of hydrogen-bond acceptors (Lipinski definition) is 5. The van der Waals surface area contributed by atoms with Gasteiger partial charge in [0.1, 0.15) is 24.7 Å². The molecule has 0 atom stereocenters. The summed E-state index contributed by atoms with van der Waals surface area (Å²) in [6.07, 6.45) is 0. The van der Waals surface area contributed by atoms with Gasteiger partial charge in [0.25, 0.3) is 5.91 Å². The Kier molecular flexibility index (Phi) is 6.58. The number of ether oxygens (including phenoxy) is 2. The second kappa shape index (κ2) is 9.72. The van der Waals surface area contributed by atoms with Gasteiger partial charge in [-0.05, 0) is 54.1 Å². The fraction of sp³-hybridized carbons (Fsp3) is 0.0870. The van der Waals surface area contributed by atoms with Crippen LogP contribution in [0, 0.1) is 11.3 Å². The molecular weight excluding hydrogens is 368 g/mol. The molecule has 29 heavy (non-hydrogen) atoms. The van der Waals surface area contributed by atoms with Gasteiger partial charge in [-0.1, -0.05) is 30.3 Å². The van der Waals surface area contributed by atoms with E-state index in [0.717, 1.165) is 0 Å². The minimum Gasteiger partial charge on any atom is -0.460 e. The lowest BCUT2D eigenvalue weighted by atomic mass is 10.1. The standard InChI is InChI=1S/C23H18N2O4/c24-14-17-5-4-6-18(13-17)16-28-22(26)15-25-23(27)19-9-11-21(12-10-19)29-20-7-2-1-3-8-20/h1-13H,15-16H2,(H,25,27). The average Bonchev–Trinajstić information content (AvgIpc) is 2.77. The quantitative estimate of drug-likeness (QED) is 0.624. The maximum Gasteiger partial charge on any atom is 0.325 e. The number of hydrogen-bond donors (Lipinski definition) is 1. The van der Waals surface area contributed by atoms with Gasteiger partial charge in [-0.15, -0.1) is 0 Å². The molecule has 1 N–H and O–H groups in total. The van der Waals surface area contributed by atoms with Gasteiger partial charge in [0, 0.05) is 5.56 Å². The molecule has 0 unspecified atom stereocenters. The zero-order valence-electron chi connectivity index (χ0n) is 15.5. The van der Waals surface area contributed by atoms with Crippen molar-refractivity contribution in [1.29, 1.82) is 5.26 Å². The van der Waals surface area contributed by atoms with Crippen LogP contribution in [0.1, 0.15) is 21.5 Å². The number of amides is 1. The molecule has 0 saturated carbocycles. The third-order valence-corrected chi connectivity index (χ3v) is 3.94. The molecule has 144 valence electrons. The number of carbonyl (C=O) groups excluding carboxylic acids is 2. The van der Waals surface area contributed by atoms with Gasteiger partial charge in [0.05, 0.1) is 11.6 Å². The summed E-state index contributed by atoms with van der Waals surface area (Å²) in [5, 5.41) is 11.4. The first-order valence-corrected chi connectivity index (χ1v) is 8.90. The molecule has 0 aromatic heterocycles. The van der Waals surface area contributed by atoms with Crippen LogP contribution in [0.15, 0.2) is 78.9 Å². The van der Waals surface area contributed by atoms with Gasteiger partial charge in [-0.25, -0.2) is 0 Å². The molecule has 0 aliphatic carbocycles. The number of rotatable bonds is 7. The van der Waals surface area contributed by atoms with Gasteiger partial charge in [-0.2, -0.15) is 5.26 Å². The number of carbonyl (C=O) groups is 2. The second-order valence-electron chi connectivity index (χ2n) is 6.10. The molecule has 0 bridgehead atoms. The minimum atomic E-state index is -0.565. The summed E-state index contributed by atoms with van der Waals surface area (Å²) in [5.41, 5.74) is 1.60. The minimum absolute atomic E-state index is 0.0374. The summed E-state index contributed by atoms with van der Waals surface area (Å²) in [5.74, 6) is 0.351. The van der Waals surface area contributed by atoms with Crippen LogP contribution in [0.25, 0.3) is 0 Å². The van der Waals surface area contributed by atoms with E-state index in [-0.39, 0.29) is 19.1 Å². The van der Waals surface area contributed by atoms with E-state index < -0.39 is 5.97 Å². The molecule has 0 heterocycles. The molecular formula is C23H18N2O4. The van der Waals surface area contributed by atoms with E-state index >= 15 is 0 Å². The lowest BCUT2D eigenvalue weighted by molar-refractivity contribution is -0.143. The summed E-state index contributed by atoms with van der Waals surface area (Å²) >= 11 is 0. The van der Waals surface area contributed by atoms with Crippen molar-refractivity contribution in [2.45, 2.75) is 6.61 Å². The topological polar surface area (TPSA) is 88.4 Å². The number of nitriles is 1. The monoisotopic (exact) mass is 386 g/mol. The van der Waals surface area contributed by atoms with Crippen molar-refractivity contribution in [2.75, 3.05) is 6.54 Å². The Morgan fingerprint density at radius 2 is 1.62 bits per heavy atom. The second-order valence-corrected chi connectivity index (χ2v) is 6.10. The van der Waals surface area contributed by atoms with Crippen molar-refractivity contribution in [1.82, 2.24) is 5.32 Å². The molecule has 0 spiro atoms. The number of nitrogens with one attached hydrogen (secondary N) is 1. The zero-order valence-corrected chi connectivity index (χ0v) is 15.5. The van der Waals surface area contributed by atoms with E-state index in [1.807, 2.05) is 36.4 Å². The first-order valence-electron chi connectivity index (χ1n) is 8.90. The van der Waals surface area contributed by atoms with Crippen LogP contribution < -0.4 is 10.1 Å². The number of benzene rings is 3. The van der Waals surface area contributed by atoms with Crippen molar-refractivity contribution in [2.24, 2.45) is 0 Å². The first-order chi connectivity index (χ1) is 14.1. The smallest absolute Gasteiger partial charge is 0.325 e. The van der Waals surface area contributed by atoms with E-state index in [1.54, 1.807) is 48.5 Å². The number of esters is 1. The van der Waals surface area contributed by atoms with Crippen molar-refractivity contribution in [3.05, 3.63) is 95.6 Å². The van der Waals surface area contributed by atoms with Crippen molar-refractivity contribution in [3.63, 3.8) is 0 Å². The fourth-order valence-electron chi connectivity index (χ4n) is 2.50. The van der Waals surface area contributed by atoms with Crippen LogP contribution in [0.5, 0.6) is 11.5 Å². The Morgan fingerprint density at radius 3 is 2.34 bits per heavy atom.